The Kier molecular flexibility index (Phi) is 8.13. The highest BCUT2D eigenvalue weighted by atomic mass is 32.2. The van der Waals surface area contributed by atoms with Crippen LogP contribution in [0.2, 0.25) is 0 Å². The molecule has 0 saturated carbocycles. The lowest BCUT2D eigenvalue weighted by Crippen LogP contribution is -2.04. The molecule has 8 heteroatoms. The standard InChI is InChI=1S/C20H20N4O3S/c1-3-17(20(25)26)18(4-2)22-24-19(14-9-6-5-7-10-14)23-21-15-11-8-12-16(13-15)28-27/h3-13,21,27H,1-2H3,(H,25,26)/b17-3+,18-4+,23-19+,24-22-. The fourth-order valence-corrected chi connectivity index (χ4v) is 2.54. The average Bonchev–Trinajstić information content (AvgIpc) is 2.73. The summed E-state index contributed by atoms with van der Waals surface area (Å²) in [7, 11) is 0. The van der Waals surface area contributed by atoms with Gasteiger partial charge in [-0.3, -0.25) is 5.43 Å². The van der Waals surface area contributed by atoms with Gasteiger partial charge in [-0.25, -0.2) is 4.79 Å². The number of benzene rings is 2. The Morgan fingerprint density at radius 2 is 1.79 bits per heavy atom. The first-order chi connectivity index (χ1) is 13.6. The molecule has 0 aromatic heterocycles. The van der Waals surface area contributed by atoms with Crippen molar-refractivity contribution in [3.8, 4) is 0 Å². The molecular weight excluding hydrogens is 376 g/mol. The van der Waals surface area contributed by atoms with E-state index in [-0.39, 0.29) is 17.1 Å². The molecule has 2 rings (SSSR count). The van der Waals surface area contributed by atoms with Gasteiger partial charge in [0.05, 0.1) is 17.0 Å². The van der Waals surface area contributed by atoms with E-state index >= 15 is 0 Å². The van der Waals surface area contributed by atoms with Crippen LogP contribution in [-0.2, 0) is 4.79 Å². The normalized spacial score (nSPS) is 13.0. The van der Waals surface area contributed by atoms with E-state index in [0.29, 0.717) is 28.2 Å². The van der Waals surface area contributed by atoms with Crippen molar-refractivity contribution in [3.63, 3.8) is 0 Å². The quantitative estimate of drug-likeness (QED) is 0.110. The Hall–Kier alpha value is -3.23. The van der Waals surface area contributed by atoms with Gasteiger partial charge < -0.3 is 9.66 Å². The molecule has 7 nitrogen and oxygen atoms in total. The number of carboxylic acid groups (broad SMARTS) is 1. The Bertz CT molecular complexity index is 937. The lowest BCUT2D eigenvalue weighted by molar-refractivity contribution is -0.132. The molecule has 2 aromatic carbocycles. The molecule has 0 aliphatic rings. The molecule has 0 amide bonds. The van der Waals surface area contributed by atoms with Gasteiger partial charge in [-0.1, -0.05) is 48.6 Å². The summed E-state index contributed by atoms with van der Waals surface area (Å²) in [5, 5.41) is 21.8. The van der Waals surface area contributed by atoms with Crippen molar-refractivity contribution in [1.82, 2.24) is 0 Å². The van der Waals surface area contributed by atoms with Gasteiger partial charge in [0.15, 0.2) is 0 Å². The molecule has 3 N–H and O–H groups in total. The van der Waals surface area contributed by atoms with E-state index in [9.17, 15) is 14.5 Å². The van der Waals surface area contributed by atoms with E-state index in [0.717, 1.165) is 0 Å². The lowest BCUT2D eigenvalue weighted by atomic mass is 10.2. The fourth-order valence-electron chi connectivity index (χ4n) is 2.22. The van der Waals surface area contributed by atoms with E-state index in [1.165, 1.54) is 6.08 Å². The Morgan fingerprint density at radius 1 is 1.04 bits per heavy atom. The Balaban J connectivity index is 2.36. The van der Waals surface area contributed by atoms with Crippen LogP contribution in [0.4, 0.5) is 5.69 Å². The first kappa shape index (κ1) is 21.1. The van der Waals surface area contributed by atoms with Gasteiger partial charge in [-0.05, 0) is 32.0 Å². The highest BCUT2D eigenvalue weighted by Gasteiger charge is 2.12. The van der Waals surface area contributed by atoms with E-state index in [1.54, 1.807) is 44.2 Å². The van der Waals surface area contributed by atoms with Crippen LogP contribution in [0, 0.1) is 0 Å². The second-order valence-corrected chi connectivity index (χ2v) is 6.07. The number of allylic oxidation sites excluding steroid dienone is 2. The molecule has 0 atom stereocenters. The minimum atomic E-state index is -1.08. The predicted molar refractivity (Wildman–Crippen MR) is 112 cm³/mol. The largest absolute Gasteiger partial charge is 0.478 e. The number of nitrogens with one attached hydrogen (secondary N) is 1. The molecule has 0 fully saturated rings. The Morgan fingerprint density at radius 3 is 2.39 bits per heavy atom. The predicted octanol–water partition coefficient (Wildman–Crippen LogP) is 5.41. The van der Waals surface area contributed by atoms with Crippen molar-refractivity contribution in [1.29, 1.82) is 0 Å². The van der Waals surface area contributed by atoms with E-state index in [1.807, 2.05) is 30.3 Å². The molecule has 0 aliphatic heterocycles. The van der Waals surface area contributed by atoms with Crippen molar-refractivity contribution in [3.05, 3.63) is 83.6 Å². The molecule has 0 aliphatic carbocycles. The van der Waals surface area contributed by atoms with Crippen LogP contribution in [0.5, 0.6) is 0 Å². The summed E-state index contributed by atoms with van der Waals surface area (Å²) >= 11 is 0.639. The van der Waals surface area contributed by atoms with Crippen molar-refractivity contribution >= 4 is 29.5 Å². The second-order valence-electron chi connectivity index (χ2n) is 5.41. The van der Waals surface area contributed by atoms with E-state index in [4.69, 9.17) is 0 Å². The minimum Gasteiger partial charge on any atom is -0.478 e. The van der Waals surface area contributed by atoms with Crippen LogP contribution in [-0.4, -0.2) is 21.5 Å². The zero-order chi connectivity index (χ0) is 20.4. The number of hydrogen-bond acceptors (Lipinski definition) is 6. The van der Waals surface area contributed by atoms with Crippen LogP contribution in [0.1, 0.15) is 19.4 Å². The number of nitrogens with zero attached hydrogens (tertiary/aromatic N) is 3. The highest BCUT2D eigenvalue weighted by Crippen LogP contribution is 2.19. The van der Waals surface area contributed by atoms with Crippen molar-refractivity contribution in [2.75, 3.05) is 5.43 Å². The molecule has 0 bridgehead atoms. The molecule has 0 unspecified atom stereocenters. The van der Waals surface area contributed by atoms with Crippen molar-refractivity contribution < 1.29 is 14.5 Å². The van der Waals surface area contributed by atoms with Gasteiger partial charge in [-0.2, -0.15) is 5.10 Å². The van der Waals surface area contributed by atoms with E-state index < -0.39 is 5.97 Å². The first-order valence-electron chi connectivity index (χ1n) is 8.37. The van der Waals surface area contributed by atoms with E-state index in [2.05, 4.69) is 20.8 Å². The third-order valence-corrected chi connectivity index (χ3v) is 4.05. The Labute approximate surface area is 167 Å². The van der Waals surface area contributed by atoms with Gasteiger partial charge in [-0.15, -0.1) is 10.2 Å². The lowest BCUT2D eigenvalue weighted by Gasteiger charge is -2.05. The number of azo groups is 1. The third kappa shape index (κ3) is 5.90. The van der Waals surface area contributed by atoms with Gasteiger partial charge in [0.25, 0.3) is 0 Å². The second kappa shape index (κ2) is 10.8. The highest BCUT2D eigenvalue weighted by molar-refractivity contribution is 7.93. The summed E-state index contributed by atoms with van der Waals surface area (Å²) in [6, 6.07) is 16.3. The first-order valence-corrected chi connectivity index (χ1v) is 9.15. The van der Waals surface area contributed by atoms with Crippen LogP contribution < -0.4 is 5.43 Å². The van der Waals surface area contributed by atoms with Crippen LogP contribution in [0.15, 0.2) is 98.2 Å². The maximum atomic E-state index is 11.3. The maximum absolute atomic E-state index is 11.3. The summed E-state index contributed by atoms with van der Waals surface area (Å²) in [6.07, 6.45) is 3.04. The maximum Gasteiger partial charge on any atom is 0.337 e. The van der Waals surface area contributed by atoms with Crippen LogP contribution >= 0.6 is 12.0 Å². The third-order valence-electron chi connectivity index (χ3n) is 3.58. The summed E-state index contributed by atoms with van der Waals surface area (Å²) in [5.74, 6) is -0.799. The minimum absolute atomic E-state index is 0.0549. The number of anilines is 1. The fraction of sp³-hybridized carbons (Fsp3) is 0.100. The van der Waals surface area contributed by atoms with Gasteiger partial charge in [0.2, 0.25) is 5.84 Å². The molecule has 0 heterocycles. The summed E-state index contributed by atoms with van der Waals surface area (Å²) in [4.78, 5) is 12.0. The van der Waals surface area contributed by atoms with Gasteiger partial charge in [0.1, 0.15) is 0 Å². The number of amidine groups is 1. The zero-order valence-electron chi connectivity index (χ0n) is 15.4. The number of carbonyl (C=O) groups is 1. The molecule has 0 saturated heterocycles. The molecule has 144 valence electrons. The molecule has 0 radical (unpaired) electrons. The topological polar surface area (TPSA) is 107 Å². The van der Waals surface area contributed by atoms with Crippen LogP contribution in [0.3, 0.4) is 0 Å². The van der Waals surface area contributed by atoms with Gasteiger partial charge in [0, 0.05) is 22.5 Å². The smallest absolute Gasteiger partial charge is 0.337 e. The number of aliphatic carboxylic acids is 1. The number of rotatable bonds is 7. The summed E-state index contributed by atoms with van der Waals surface area (Å²) < 4.78 is 9.17. The number of hydrazone groups is 1. The van der Waals surface area contributed by atoms with Crippen molar-refractivity contribution in [2.24, 2.45) is 15.3 Å². The number of carboxylic acids is 1. The molecule has 28 heavy (non-hydrogen) atoms. The molecular formula is C20H20N4O3S. The summed E-state index contributed by atoms with van der Waals surface area (Å²) in [5.41, 5.74) is 4.54. The van der Waals surface area contributed by atoms with Crippen LogP contribution in [0.25, 0.3) is 0 Å². The summed E-state index contributed by atoms with van der Waals surface area (Å²) in [6.45, 7) is 3.32. The zero-order valence-corrected chi connectivity index (χ0v) is 16.2. The number of hydrogen-bond donors (Lipinski definition) is 3. The van der Waals surface area contributed by atoms with Crippen molar-refractivity contribution in [2.45, 2.75) is 18.7 Å². The van der Waals surface area contributed by atoms with Gasteiger partial charge >= 0.3 is 5.97 Å². The molecule has 0 spiro atoms. The average molecular weight is 396 g/mol. The monoisotopic (exact) mass is 396 g/mol. The SMILES string of the molecule is C/C=C(/N=N\C(=N\Nc1cccc(SO)c1)c1ccccc1)C(=C/C)\C(=O)O. The molecule has 2 aromatic rings.